The summed E-state index contributed by atoms with van der Waals surface area (Å²) in [6.07, 6.45) is 1.61. The van der Waals surface area contributed by atoms with Crippen LogP contribution in [0.4, 0.5) is 5.69 Å². The molecule has 3 rings (SSSR count). The summed E-state index contributed by atoms with van der Waals surface area (Å²) >= 11 is 3.41. The third-order valence-electron chi connectivity index (χ3n) is 4.12. The lowest BCUT2D eigenvalue weighted by atomic mass is 10.1. The minimum Gasteiger partial charge on any atom is -0.322 e. The molecule has 0 saturated carbocycles. The Morgan fingerprint density at radius 1 is 1.08 bits per heavy atom. The molecule has 26 heavy (non-hydrogen) atoms. The Hall–Kier alpha value is -2.66. The summed E-state index contributed by atoms with van der Waals surface area (Å²) < 4.78 is 2.51. The van der Waals surface area contributed by atoms with E-state index in [9.17, 15) is 9.59 Å². The molecule has 0 bridgehead atoms. The van der Waals surface area contributed by atoms with Gasteiger partial charge in [-0.25, -0.2) is 0 Å². The topological polar surface area (TPSA) is 51.1 Å². The van der Waals surface area contributed by atoms with Crippen LogP contribution in [-0.4, -0.2) is 10.5 Å². The third-order valence-corrected chi connectivity index (χ3v) is 4.61. The van der Waals surface area contributed by atoms with E-state index in [1.54, 1.807) is 16.8 Å². The molecule has 0 aliphatic rings. The lowest BCUT2D eigenvalue weighted by Gasteiger charge is -2.11. The van der Waals surface area contributed by atoms with Gasteiger partial charge in [-0.05, 0) is 49.2 Å². The second-order valence-corrected chi connectivity index (χ2v) is 7.20. The number of aromatic nitrogens is 1. The Bertz CT molecular complexity index is 1020. The van der Waals surface area contributed by atoms with Gasteiger partial charge in [0.1, 0.15) is 0 Å². The molecule has 0 aliphatic heterocycles. The second kappa shape index (κ2) is 7.70. The van der Waals surface area contributed by atoms with Crippen molar-refractivity contribution in [1.82, 2.24) is 4.57 Å². The number of hydrogen-bond donors (Lipinski definition) is 1. The van der Waals surface area contributed by atoms with Gasteiger partial charge in [0.05, 0.1) is 12.1 Å². The van der Waals surface area contributed by atoms with Crippen molar-refractivity contribution >= 4 is 27.5 Å². The molecular weight excluding hydrogens is 392 g/mol. The quantitative estimate of drug-likeness (QED) is 0.686. The van der Waals surface area contributed by atoms with E-state index in [-0.39, 0.29) is 11.5 Å². The van der Waals surface area contributed by atoms with Crippen molar-refractivity contribution in [3.05, 3.63) is 97.9 Å². The Labute approximate surface area is 160 Å². The number of halogens is 1. The minimum absolute atomic E-state index is 0.136. The van der Waals surface area contributed by atoms with E-state index in [1.807, 2.05) is 56.3 Å². The summed E-state index contributed by atoms with van der Waals surface area (Å²) in [5, 5.41) is 2.90. The SMILES string of the molecule is Cc1cccc(Cn2cc(C(=O)Nc3ccc(Br)cc3C)ccc2=O)c1. The number of amides is 1. The van der Waals surface area contributed by atoms with Gasteiger partial charge < -0.3 is 9.88 Å². The molecule has 1 amide bonds. The summed E-state index contributed by atoms with van der Waals surface area (Å²) in [5.41, 5.74) is 4.17. The molecule has 4 nitrogen and oxygen atoms in total. The van der Waals surface area contributed by atoms with Crippen molar-refractivity contribution in [2.24, 2.45) is 0 Å². The Morgan fingerprint density at radius 3 is 2.62 bits per heavy atom. The molecule has 1 N–H and O–H groups in total. The van der Waals surface area contributed by atoms with Crippen molar-refractivity contribution in [1.29, 1.82) is 0 Å². The molecule has 2 aromatic carbocycles. The smallest absolute Gasteiger partial charge is 0.257 e. The van der Waals surface area contributed by atoms with Gasteiger partial charge in [-0.2, -0.15) is 0 Å². The monoisotopic (exact) mass is 410 g/mol. The molecule has 3 aromatic rings. The van der Waals surface area contributed by atoms with Gasteiger partial charge in [-0.15, -0.1) is 0 Å². The fraction of sp³-hybridized carbons (Fsp3) is 0.143. The molecule has 0 saturated heterocycles. The van der Waals surface area contributed by atoms with Crippen LogP contribution in [0.15, 0.2) is 70.1 Å². The predicted octanol–water partition coefficient (Wildman–Crippen LogP) is 4.53. The molecule has 0 spiro atoms. The number of carbonyl (C=O) groups excluding carboxylic acids is 1. The summed E-state index contributed by atoms with van der Waals surface area (Å²) in [5.74, 6) is -0.242. The van der Waals surface area contributed by atoms with Crippen LogP contribution in [0, 0.1) is 13.8 Å². The number of pyridine rings is 1. The van der Waals surface area contributed by atoms with E-state index >= 15 is 0 Å². The molecular formula is C21H19BrN2O2. The Kier molecular flexibility index (Phi) is 5.38. The van der Waals surface area contributed by atoms with Crippen molar-refractivity contribution in [3.63, 3.8) is 0 Å². The number of hydrogen-bond acceptors (Lipinski definition) is 2. The van der Waals surface area contributed by atoms with Crippen LogP contribution in [0.25, 0.3) is 0 Å². The van der Waals surface area contributed by atoms with E-state index in [4.69, 9.17) is 0 Å². The highest BCUT2D eigenvalue weighted by Gasteiger charge is 2.10. The van der Waals surface area contributed by atoms with E-state index in [1.165, 1.54) is 6.07 Å². The number of benzene rings is 2. The molecule has 5 heteroatoms. The standard InChI is InChI=1S/C21H19BrN2O2/c1-14-4-3-5-16(10-14)12-24-13-17(6-9-20(24)25)21(26)23-19-8-7-18(22)11-15(19)2/h3-11,13H,12H2,1-2H3,(H,23,26). The van der Waals surface area contributed by atoms with Gasteiger partial charge >= 0.3 is 0 Å². The van der Waals surface area contributed by atoms with Gasteiger partial charge in [0.25, 0.3) is 11.5 Å². The lowest BCUT2D eigenvalue weighted by Crippen LogP contribution is -2.22. The summed E-state index contributed by atoms with van der Waals surface area (Å²) in [6.45, 7) is 4.37. The first-order chi connectivity index (χ1) is 12.4. The molecule has 0 atom stereocenters. The average Bonchev–Trinajstić information content (AvgIpc) is 2.59. The zero-order valence-corrected chi connectivity index (χ0v) is 16.2. The maximum Gasteiger partial charge on any atom is 0.257 e. The highest BCUT2D eigenvalue weighted by Crippen LogP contribution is 2.20. The summed E-state index contributed by atoms with van der Waals surface area (Å²) in [7, 11) is 0. The van der Waals surface area contributed by atoms with Crippen molar-refractivity contribution in [2.45, 2.75) is 20.4 Å². The van der Waals surface area contributed by atoms with Crippen molar-refractivity contribution < 1.29 is 4.79 Å². The van der Waals surface area contributed by atoms with Crippen molar-refractivity contribution in [3.8, 4) is 0 Å². The summed E-state index contributed by atoms with van der Waals surface area (Å²) in [6, 6.07) is 16.6. The van der Waals surface area contributed by atoms with E-state index in [0.29, 0.717) is 12.1 Å². The second-order valence-electron chi connectivity index (χ2n) is 6.29. The maximum absolute atomic E-state index is 12.6. The first-order valence-corrected chi connectivity index (χ1v) is 9.05. The van der Waals surface area contributed by atoms with Crippen LogP contribution in [0.1, 0.15) is 27.0 Å². The lowest BCUT2D eigenvalue weighted by molar-refractivity contribution is 0.102. The number of nitrogens with one attached hydrogen (secondary N) is 1. The molecule has 0 aliphatic carbocycles. The molecule has 132 valence electrons. The average molecular weight is 411 g/mol. The molecule has 0 unspecified atom stereocenters. The molecule has 1 aromatic heterocycles. The van der Waals surface area contributed by atoms with Gasteiger partial charge in [-0.1, -0.05) is 45.8 Å². The number of anilines is 1. The van der Waals surface area contributed by atoms with Gasteiger partial charge in [0.2, 0.25) is 0 Å². The van der Waals surface area contributed by atoms with Crippen LogP contribution in [0.3, 0.4) is 0 Å². The maximum atomic E-state index is 12.6. The minimum atomic E-state index is -0.242. The Balaban J connectivity index is 1.84. The number of rotatable bonds is 4. The predicted molar refractivity (Wildman–Crippen MR) is 108 cm³/mol. The largest absolute Gasteiger partial charge is 0.322 e. The zero-order chi connectivity index (χ0) is 18.7. The van der Waals surface area contributed by atoms with E-state index in [2.05, 4.69) is 21.2 Å². The highest BCUT2D eigenvalue weighted by atomic mass is 79.9. The van der Waals surface area contributed by atoms with Crippen LogP contribution in [0.2, 0.25) is 0 Å². The van der Waals surface area contributed by atoms with Gasteiger partial charge in [0.15, 0.2) is 0 Å². The van der Waals surface area contributed by atoms with Crippen LogP contribution in [-0.2, 0) is 6.54 Å². The van der Waals surface area contributed by atoms with Crippen LogP contribution in [0.5, 0.6) is 0 Å². The normalized spacial score (nSPS) is 10.6. The Morgan fingerprint density at radius 2 is 1.88 bits per heavy atom. The first-order valence-electron chi connectivity index (χ1n) is 8.26. The van der Waals surface area contributed by atoms with Crippen LogP contribution >= 0.6 is 15.9 Å². The van der Waals surface area contributed by atoms with E-state index < -0.39 is 0 Å². The van der Waals surface area contributed by atoms with Gasteiger partial charge in [0, 0.05) is 22.4 Å². The first kappa shape index (κ1) is 18.1. The van der Waals surface area contributed by atoms with Gasteiger partial charge in [-0.3, -0.25) is 9.59 Å². The number of nitrogens with zero attached hydrogens (tertiary/aromatic N) is 1. The molecule has 0 radical (unpaired) electrons. The third kappa shape index (κ3) is 4.29. The highest BCUT2D eigenvalue weighted by molar-refractivity contribution is 9.10. The fourth-order valence-corrected chi connectivity index (χ4v) is 3.23. The molecule has 0 fully saturated rings. The van der Waals surface area contributed by atoms with Crippen LogP contribution < -0.4 is 10.9 Å². The molecule has 1 heterocycles. The van der Waals surface area contributed by atoms with Crippen molar-refractivity contribution in [2.75, 3.05) is 5.32 Å². The summed E-state index contributed by atoms with van der Waals surface area (Å²) in [4.78, 5) is 24.7. The number of aryl methyl sites for hydroxylation is 2. The number of carbonyl (C=O) groups is 1. The van der Waals surface area contributed by atoms with E-state index in [0.717, 1.165) is 26.9 Å². The zero-order valence-electron chi connectivity index (χ0n) is 14.6. The fourth-order valence-electron chi connectivity index (χ4n) is 2.76.